The van der Waals surface area contributed by atoms with E-state index in [9.17, 15) is 42.2 Å². The Morgan fingerprint density at radius 3 is 2.53 bits per heavy atom. The molecule has 3 aromatic rings. The number of rotatable bonds is 9. The van der Waals surface area contributed by atoms with Crippen LogP contribution in [0.1, 0.15) is 51.6 Å². The molecule has 49 heavy (non-hydrogen) atoms. The Hall–Kier alpha value is -3.52. The summed E-state index contributed by atoms with van der Waals surface area (Å²) in [6.45, 7) is 0.303. The number of urea groups is 1. The first-order valence-electron chi connectivity index (χ1n) is 14.4. The maximum atomic E-state index is 13.3. The van der Waals surface area contributed by atoms with Gasteiger partial charge in [-0.1, -0.05) is 41.0 Å². The lowest BCUT2D eigenvalue weighted by atomic mass is 10.0. The Morgan fingerprint density at radius 2 is 1.92 bits per heavy atom. The number of carbonyl (C=O) groups is 2. The SMILES string of the molecule is CN1Cc2cc(N3CCCN(CC(F)F)C3=O)c(O)cc2C1CC#N.O=Cc1c(Sc2c(Cl)ccc(CO)c2Cl)cc(C(F)(F)Cl)[nH]c1=O. The third kappa shape index (κ3) is 8.62. The van der Waals surface area contributed by atoms with Gasteiger partial charge in [0.2, 0.25) is 0 Å². The number of phenolic OH excluding ortho intramolecular Hbond substituents is 1. The first-order valence-corrected chi connectivity index (χ1v) is 16.4. The van der Waals surface area contributed by atoms with Crippen LogP contribution >= 0.6 is 46.6 Å². The minimum atomic E-state index is -3.82. The molecule has 0 radical (unpaired) electrons. The maximum absolute atomic E-state index is 13.3. The molecule has 1 fully saturated rings. The molecule has 18 heteroatoms. The molecule has 0 saturated carbocycles. The van der Waals surface area contributed by atoms with Crippen LogP contribution in [0.3, 0.4) is 0 Å². The Bertz CT molecular complexity index is 1840. The van der Waals surface area contributed by atoms with Gasteiger partial charge in [-0.25, -0.2) is 13.6 Å². The van der Waals surface area contributed by atoms with Crippen molar-refractivity contribution in [1.29, 1.82) is 5.26 Å². The van der Waals surface area contributed by atoms with Gasteiger partial charge in [0.15, 0.2) is 6.29 Å². The van der Waals surface area contributed by atoms with E-state index in [2.05, 4.69) is 6.07 Å². The summed E-state index contributed by atoms with van der Waals surface area (Å²) in [7, 11) is 1.90. The molecule has 3 heterocycles. The number of amides is 2. The van der Waals surface area contributed by atoms with Crippen LogP contribution in [0.4, 0.5) is 28.0 Å². The number of phenols is 1. The highest BCUT2D eigenvalue weighted by molar-refractivity contribution is 7.99. The van der Waals surface area contributed by atoms with Gasteiger partial charge in [0.25, 0.3) is 12.0 Å². The third-order valence-electron chi connectivity index (χ3n) is 7.76. The summed E-state index contributed by atoms with van der Waals surface area (Å²) in [5, 5.41) is 25.1. The quantitative estimate of drug-likeness (QED) is 0.119. The first-order chi connectivity index (χ1) is 23.1. The fraction of sp³-hybridized carbons (Fsp3) is 0.355. The van der Waals surface area contributed by atoms with Crippen molar-refractivity contribution in [3.8, 4) is 11.8 Å². The number of benzene rings is 2. The highest BCUT2D eigenvalue weighted by Crippen LogP contribution is 2.43. The van der Waals surface area contributed by atoms with E-state index in [1.54, 1.807) is 12.1 Å². The van der Waals surface area contributed by atoms with Gasteiger partial charge in [-0.3, -0.25) is 19.4 Å². The van der Waals surface area contributed by atoms with E-state index in [1.165, 1.54) is 17.0 Å². The summed E-state index contributed by atoms with van der Waals surface area (Å²) >= 11 is 17.8. The van der Waals surface area contributed by atoms with Crippen molar-refractivity contribution < 1.29 is 37.4 Å². The molecule has 2 aromatic carbocycles. The minimum absolute atomic E-state index is 0.0655. The molecule has 0 aliphatic carbocycles. The van der Waals surface area contributed by atoms with E-state index < -0.39 is 35.6 Å². The number of nitrogens with zero attached hydrogens (tertiary/aromatic N) is 4. The molecule has 1 aromatic heterocycles. The molecular weight excluding hydrogens is 737 g/mol. The summed E-state index contributed by atoms with van der Waals surface area (Å²) in [5.74, 6) is -0.0655. The number of H-pyrrole nitrogens is 1. The van der Waals surface area contributed by atoms with Crippen molar-refractivity contribution >= 4 is 64.6 Å². The molecule has 10 nitrogen and oxygen atoms in total. The van der Waals surface area contributed by atoms with Gasteiger partial charge in [-0.15, -0.1) is 0 Å². The molecule has 1 unspecified atom stereocenters. The minimum Gasteiger partial charge on any atom is -0.506 e. The fourth-order valence-electron chi connectivity index (χ4n) is 5.40. The summed E-state index contributed by atoms with van der Waals surface area (Å²) < 4.78 is 51.9. The van der Waals surface area contributed by atoms with Crippen LogP contribution in [0.25, 0.3) is 0 Å². The lowest BCUT2D eigenvalue weighted by molar-refractivity contribution is 0.0891. The van der Waals surface area contributed by atoms with E-state index in [-0.39, 0.29) is 50.1 Å². The topological polar surface area (TPSA) is 141 Å². The molecule has 2 aliphatic heterocycles. The van der Waals surface area contributed by atoms with Crippen molar-refractivity contribution in [3.63, 3.8) is 0 Å². The van der Waals surface area contributed by atoms with E-state index in [1.807, 2.05) is 16.9 Å². The predicted octanol–water partition coefficient (Wildman–Crippen LogP) is 7.12. The van der Waals surface area contributed by atoms with Crippen LogP contribution in [-0.4, -0.2) is 70.4 Å². The van der Waals surface area contributed by atoms with E-state index in [0.29, 0.717) is 43.7 Å². The molecule has 3 N–H and O–H groups in total. The summed E-state index contributed by atoms with van der Waals surface area (Å²) in [5.41, 5.74) is 0.251. The number of aldehydes is 1. The van der Waals surface area contributed by atoms with Gasteiger partial charge in [-0.05, 0) is 66.0 Å². The number of fused-ring (bicyclic) bond motifs is 1. The van der Waals surface area contributed by atoms with Crippen molar-refractivity contribution in [2.75, 3.05) is 31.6 Å². The molecule has 2 aliphatic rings. The average Bonchev–Trinajstić information content (AvgIpc) is 3.33. The van der Waals surface area contributed by atoms with Gasteiger partial charge in [0.05, 0.1) is 46.9 Å². The van der Waals surface area contributed by atoms with Crippen LogP contribution in [0.2, 0.25) is 10.0 Å². The number of aliphatic hydroxyl groups excluding tert-OH is 1. The Kier molecular flexibility index (Phi) is 12.5. The number of hydrogen-bond donors (Lipinski definition) is 3. The number of anilines is 1. The molecule has 1 atom stereocenters. The van der Waals surface area contributed by atoms with E-state index >= 15 is 0 Å². The number of aromatic nitrogens is 1. The number of hydrogen-bond acceptors (Lipinski definition) is 8. The van der Waals surface area contributed by atoms with Crippen LogP contribution in [0.15, 0.2) is 44.9 Å². The van der Waals surface area contributed by atoms with Gasteiger partial charge >= 0.3 is 11.4 Å². The van der Waals surface area contributed by atoms with Crippen molar-refractivity contribution in [1.82, 2.24) is 14.8 Å². The maximum Gasteiger partial charge on any atom is 0.362 e. The molecular formula is C31H28Cl3F4N5O5S. The van der Waals surface area contributed by atoms with Gasteiger partial charge in [0.1, 0.15) is 11.4 Å². The number of nitriles is 1. The Morgan fingerprint density at radius 1 is 1.20 bits per heavy atom. The average molecular weight is 765 g/mol. The van der Waals surface area contributed by atoms with Crippen molar-refractivity contribution in [2.45, 2.75) is 53.6 Å². The molecule has 0 bridgehead atoms. The lowest BCUT2D eigenvalue weighted by Crippen LogP contribution is -2.50. The van der Waals surface area contributed by atoms with Gasteiger partial charge < -0.3 is 20.1 Å². The van der Waals surface area contributed by atoms with Crippen LogP contribution in [0.5, 0.6) is 5.75 Å². The zero-order chi connectivity index (χ0) is 36.2. The highest BCUT2D eigenvalue weighted by atomic mass is 35.5. The second kappa shape index (κ2) is 16.0. The number of pyridine rings is 1. The standard InChI is InChI=1S/C17H20F2N4O2.C14H8Cl3F2NO3S/c1-21-9-11-7-14(15(24)8-12(11)13(21)3-4-20)23-6-2-5-22(17(23)25)10-16(18)19;15-8-2-1-6(4-21)11(16)12(8)24-9-3-10(14(17,18)19)20-13(23)7(9)5-22/h7-8,13,16,24H,2-3,5-6,9-10H2,1H3;1-3,5,21H,4H2,(H,20,23). The van der Waals surface area contributed by atoms with E-state index in [4.69, 9.17) is 40.1 Å². The zero-order valence-corrected chi connectivity index (χ0v) is 28.6. The second-order valence-electron chi connectivity index (χ2n) is 11.0. The number of aliphatic hydroxyl groups is 1. The number of alkyl halides is 5. The van der Waals surface area contributed by atoms with Crippen LogP contribution in [0, 0.1) is 11.3 Å². The summed E-state index contributed by atoms with van der Waals surface area (Å²) in [6, 6.07) is 8.69. The monoisotopic (exact) mass is 763 g/mol. The highest BCUT2D eigenvalue weighted by Gasteiger charge is 2.34. The smallest absolute Gasteiger partial charge is 0.362 e. The normalized spacial score (nSPS) is 16.3. The second-order valence-corrected chi connectivity index (χ2v) is 13.3. The number of carbonyl (C=O) groups excluding carboxylic acids is 2. The van der Waals surface area contributed by atoms with E-state index in [0.717, 1.165) is 33.9 Å². The fourth-order valence-corrected chi connectivity index (χ4v) is 7.20. The number of aromatic amines is 1. The van der Waals surface area contributed by atoms with Crippen molar-refractivity contribution in [2.24, 2.45) is 0 Å². The largest absolute Gasteiger partial charge is 0.506 e. The molecule has 5 rings (SSSR count). The number of aromatic hydroxyl groups is 1. The van der Waals surface area contributed by atoms with Crippen LogP contribution in [-0.2, 0) is 18.5 Å². The molecule has 262 valence electrons. The summed E-state index contributed by atoms with van der Waals surface area (Å²) in [4.78, 5) is 41.9. The first kappa shape index (κ1) is 38.3. The van der Waals surface area contributed by atoms with Gasteiger partial charge in [0, 0.05) is 35.5 Å². The Labute approximate surface area is 296 Å². The third-order valence-corrected chi connectivity index (χ3v) is 10.1. The Balaban J connectivity index is 0.000000221. The van der Waals surface area contributed by atoms with Gasteiger partial charge in [-0.2, -0.15) is 14.0 Å². The predicted molar refractivity (Wildman–Crippen MR) is 176 cm³/mol. The van der Waals surface area contributed by atoms with Crippen molar-refractivity contribution in [3.05, 3.63) is 78.7 Å². The zero-order valence-electron chi connectivity index (χ0n) is 25.5. The lowest BCUT2D eigenvalue weighted by Gasteiger charge is -2.35. The van der Waals surface area contributed by atoms with Crippen LogP contribution < -0.4 is 10.5 Å². The number of halogens is 7. The summed E-state index contributed by atoms with van der Waals surface area (Å²) in [6.07, 6.45) is -1.48. The molecule has 2 amide bonds. The molecule has 0 spiro atoms. The number of nitrogens with one attached hydrogen (secondary N) is 1. The molecule has 1 saturated heterocycles.